The number of nitrogens with one attached hydrogen (secondary N) is 2. The second kappa shape index (κ2) is 6.44. The van der Waals surface area contributed by atoms with Crippen LogP contribution in [0.3, 0.4) is 0 Å². The predicted molar refractivity (Wildman–Crippen MR) is 82.4 cm³/mol. The van der Waals surface area contributed by atoms with E-state index in [1.165, 1.54) is 0 Å². The van der Waals surface area contributed by atoms with Gasteiger partial charge in [-0.15, -0.1) is 0 Å². The van der Waals surface area contributed by atoms with Crippen LogP contribution in [0.1, 0.15) is 39.0 Å². The van der Waals surface area contributed by atoms with E-state index in [-0.39, 0.29) is 24.0 Å². The van der Waals surface area contributed by atoms with Gasteiger partial charge in [0.2, 0.25) is 5.91 Å². The van der Waals surface area contributed by atoms with E-state index in [2.05, 4.69) is 10.6 Å². The maximum absolute atomic E-state index is 12.4. The van der Waals surface area contributed by atoms with Crippen molar-refractivity contribution in [3.8, 4) is 0 Å². The summed E-state index contributed by atoms with van der Waals surface area (Å²) < 4.78 is 5.01. The van der Waals surface area contributed by atoms with Gasteiger partial charge in [-0.2, -0.15) is 0 Å². The van der Waals surface area contributed by atoms with Gasteiger partial charge >= 0.3 is 6.09 Å². The lowest BCUT2D eigenvalue weighted by Crippen LogP contribution is -2.47. The zero-order valence-corrected chi connectivity index (χ0v) is 13.4. The number of amides is 2. The molecule has 0 aromatic rings. The molecule has 2 saturated heterocycles. The molecule has 0 radical (unpaired) electrons. The average molecular weight is 309 g/mol. The molecule has 22 heavy (non-hydrogen) atoms. The number of hydrogen-bond acceptors (Lipinski definition) is 4. The van der Waals surface area contributed by atoms with Crippen LogP contribution in [0.15, 0.2) is 0 Å². The molecular weight excluding hydrogens is 282 g/mol. The molecule has 1 saturated carbocycles. The van der Waals surface area contributed by atoms with E-state index in [1.54, 1.807) is 4.90 Å². The Balaban J connectivity index is 1.42. The van der Waals surface area contributed by atoms with Crippen LogP contribution in [0.2, 0.25) is 0 Å². The number of carbonyl (C=O) groups excluding carboxylic acids is 2. The Bertz CT molecular complexity index is 426. The summed E-state index contributed by atoms with van der Waals surface area (Å²) in [4.78, 5) is 25.8. The van der Waals surface area contributed by atoms with Gasteiger partial charge in [0.05, 0.1) is 6.61 Å². The molecule has 0 aromatic heterocycles. The number of likely N-dealkylation sites (tertiary alicyclic amines) is 1. The number of hydrogen-bond donors (Lipinski definition) is 2. The highest BCUT2D eigenvalue weighted by Gasteiger charge is 2.57. The molecule has 0 bridgehead atoms. The van der Waals surface area contributed by atoms with Crippen molar-refractivity contribution in [3.63, 3.8) is 0 Å². The molecule has 2 N–H and O–H groups in total. The summed E-state index contributed by atoms with van der Waals surface area (Å²) in [5.41, 5.74) is 0.293. The quantitative estimate of drug-likeness (QED) is 0.819. The normalized spacial score (nSPS) is 27.5. The molecule has 1 aliphatic carbocycles. The van der Waals surface area contributed by atoms with Gasteiger partial charge in [0.25, 0.3) is 0 Å². The summed E-state index contributed by atoms with van der Waals surface area (Å²) >= 11 is 0. The van der Waals surface area contributed by atoms with Gasteiger partial charge in [-0.1, -0.05) is 0 Å². The highest BCUT2D eigenvalue weighted by molar-refractivity contribution is 5.83. The number of rotatable bonds is 3. The summed E-state index contributed by atoms with van der Waals surface area (Å²) in [7, 11) is 0. The van der Waals surface area contributed by atoms with Crippen LogP contribution in [-0.2, 0) is 9.53 Å². The molecule has 6 nitrogen and oxygen atoms in total. The van der Waals surface area contributed by atoms with E-state index in [0.29, 0.717) is 25.1 Å². The van der Waals surface area contributed by atoms with Crippen molar-refractivity contribution in [1.29, 1.82) is 0 Å². The smallest absolute Gasteiger partial charge is 0.409 e. The summed E-state index contributed by atoms with van der Waals surface area (Å²) in [6.45, 7) is 5.65. The predicted octanol–water partition coefficient (Wildman–Crippen LogP) is 1.11. The minimum absolute atomic E-state index is 0.206. The van der Waals surface area contributed by atoms with Crippen molar-refractivity contribution < 1.29 is 14.3 Å². The Morgan fingerprint density at radius 1 is 1.27 bits per heavy atom. The van der Waals surface area contributed by atoms with Gasteiger partial charge in [-0.05, 0) is 57.5 Å². The van der Waals surface area contributed by atoms with E-state index in [1.807, 2.05) is 6.92 Å². The van der Waals surface area contributed by atoms with Gasteiger partial charge in [-0.25, -0.2) is 4.79 Å². The number of piperidine rings is 2. The fourth-order valence-corrected chi connectivity index (χ4v) is 3.92. The second-order valence-electron chi connectivity index (χ2n) is 6.84. The zero-order chi connectivity index (χ0) is 15.6. The van der Waals surface area contributed by atoms with Crippen molar-refractivity contribution in [3.05, 3.63) is 0 Å². The van der Waals surface area contributed by atoms with E-state index >= 15 is 0 Å². The van der Waals surface area contributed by atoms with Gasteiger partial charge in [0.15, 0.2) is 0 Å². The van der Waals surface area contributed by atoms with Crippen LogP contribution >= 0.6 is 0 Å². The van der Waals surface area contributed by atoms with Gasteiger partial charge in [0.1, 0.15) is 0 Å². The third-order valence-electron chi connectivity index (χ3n) is 5.47. The molecule has 3 fully saturated rings. The first-order valence-corrected chi connectivity index (χ1v) is 8.57. The van der Waals surface area contributed by atoms with Crippen LogP contribution in [0.25, 0.3) is 0 Å². The number of nitrogens with zero attached hydrogens (tertiary/aromatic N) is 1. The highest BCUT2D eigenvalue weighted by Crippen LogP contribution is 2.58. The minimum atomic E-state index is -0.233. The van der Waals surface area contributed by atoms with Crippen LogP contribution in [-0.4, -0.2) is 55.7 Å². The summed E-state index contributed by atoms with van der Waals surface area (Å²) in [5.74, 6) is 0.453. The Kier molecular flexibility index (Phi) is 4.57. The Morgan fingerprint density at radius 2 is 1.95 bits per heavy atom. The fraction of sp³-hybridized carbons (Fsp3) is 0.875. The average Bonchev–Trinajstić information content (AvgIpc) is 3.22. The maximum Gasteiger partial charge on any atom is 0.409 e. The Hall–Kier alpha value is -1.30. The maximum atomic E-state index is 12.4. The Labute approximate surface area is 131 Å². The Morgan fingerprint density at radius 3 is 2.59 bits per heavy atom. The van der Waals surface area contributed by atoms with Crippen molar-refractivity contribution in [2.45, 2.75) is 45.1 Å². The largest absolute Gasteiger partial charge is 0.450 e. The highest BCUT2D eigenvalue weighted by atomic mass is 16.6. The molecular formula is C16H27N3O3. The van der Waals surface area contributed by atoms with E-state index in [9.17, 15) is 9.59 Å². The van der Waals surface area contributed by atoms with Crippen molar-refractivity contribution >= 4 is 12.0 Å². The van der Waals surface area contributed by atoms with Gasteiger partial charge < -0.3 is 20.3 Å². The van der Waals surface area contributed by atoms with E-state index in [0.717, 1.165) is 45.2 Å². The summed E-state index contributed by atoms with van der Waals surface area (Å²) in [6.07, 6.45) is 4.74. The molecule has 0 unspecified atom stereocenters. The molecule has 124 valence electrons. The third-order valence-corrected chi connectivity index (χ3v) is 5.47. The lowest BCUT2D eigenvalue weighted by molar-refractivity contribution is -0.124. The topological polar surface area (TPSA) is 70.7 Å². The molecule has 3 aliphatic rings. The first-order chi connectivity index (χ1) is 10.6. The standard InChI is InChI=1S/C16H27N3O3/c1-2-22-15(21)19-9-3-12(4-10-19)18-14(20)13-11-16(13)5-7-17-8-6-16/h12-13,17H,2-11H2,1H3,(H,18,20)/t13-/m1/s1. The lowest BCUT2D eigenvalue weighted by atomic mass is 9.91. The molecule has 1 spiro atoms. The number of carbonyl (C=O) groups is 2. The first-order valence-electron chi connectivity index (χ1n) is 8.57. The summed E-state index contributed by atoms with van der Waals surface area (Å²) in [5, 5.41) is 6.57. The molecule has 2 heterocycles. The zero-order valence-electron chi connectivity index (χ0n) is 13.4. The molecule has 0 aromatic carbocycles. The number of ether oxygens (including phenoxy) is 1. The van der Waals surface area contributed by atoms with Crippen LogP contribution in [0.4, 0.5) is 4.79 Å². The minimum Gasteiger partial charge on any atom is -0.450 e. The van der Waals surface area contributed by atoms with E-state index < -0.39 is 0 Å². The fourth-order valence-electron chi connectivity index (χ4n) is 3.92. The molecule has 6 heteroatoms. The van der Waals surface area contributed by atoms with Gasteiger partial charge in [-0.3, -0.25) is 4.79 Å². The molecule has 2 amide bonds. The molecule has 2 aliphatic heterocycles. The molecule has 3 rings (SSSR count). The van der Waals surface area contributed by atoms with Crippen molar-refractivity contribution in [2.24, 2.45) is 11.3 Å². The summed E-state index contributed by atoms with van der Waals surface area (Å²) in [6, 6.07) is 0.206. The van der Waals surface area contributed by atoms with Crippen molar-refractivity contribution in [2.75, 3.05) is 32.8 Å². The van der Waals surface area contributed by atoms with Crippen LogP contribution in [0.5, 0.6) is 0 Å². The van der Waals surface area contributed by atoms with Crippen LogP contribution < -0.4 is 10.6 Å². The lowest BCUT2D eigenvalue weighted by Gasteiger charge is -2.32. The SMILES string of the molecule is CCOC(=O)N1CCC(NC(=O)[C@H]2CC23CCNCC3)CC1. The van der Waals surface area contributed by atoms with Crippen molar-refractivity contribution in [1.82, 2.24) is 15.5 Å². The molecule has 1 atom stereocenters. The van der Waals surface area contributed by atoms with Crippen LogP contribution in [0, 0.1) is 11.3 Å². The monoisotopic (exact) mass is 309 g/mol. The second-order valence-corrected chi connectivity index (χ2v) is 6.84. The third kappa shape index (κ3) is 3.21. The van der Waals surface area contributed by atoms with Gasteiger partial charge in [0, 0.05) is 25.0 Å². The van der Waals surface area contributed by atoms with E-state index in [4.69, 9.17) is 4.74 Å². The first kappa shape index (κ1) is 15.6.